The smallest absolute Gasteiger partial charge is 0.231 e. The van der Waals surface area contributed by atoms with Crippen LogP contribution in [0.2, 0.25) is 0 Å². The van der Waals surface area contributed by atoms with Crippen LogP contribution in [-0.4, -0.2) is 19.3 Å². The Morgan fingerprint density at radius 2 is 2.26 bits per heavy atom. The van der Waals surface area contributed by atoms with E-state index in [1.807, 2.05) is 12.1 Å². The first-order valence-corrected chi connectivity index (χ1v) is 8.54. The fraction of sp³-hybridized carbons (Fsp3) is 0.267. The lowest BCUT2D eigenvalue weighted by Crippen LogP contribution is -2.33. The Bertz CT molecular complexity index is 680. The quantitative estimate of drug-likeness (QED) is 0.367. The number of guanidine groups is 1. The molecule has 0 fully saturated rings. The van der Waals surface area contributed by atoms with E-state index in [0.717, 1.165) is 34.5 Å². The predicted molar refractivity (Wildman–Crippen MR) is 107 cm³/mol. The Balaban J connectivity index is 0.00000192. The van der Waals surface area contributed by atoms with Crippen LogP contribution >= 0.6 is 51.2 Å². The molecule has 3 N–H and O–H groups in total. The second kappa shape index (κ2) is 8.74. The second-order valence-corrected chi connectivity index (χ2v) is 6.66. The van der Waals surface area contributed by atoms with Crippen LogP contribution in [0.1, 0.15) is 10.4 Å². The molecule has 0 bridgehead atoms. The van der Waals surface area contributed by atoms with Crippen LogP contribution in [0.15, 0.2) is 39.1 Å². The number of aliphatic imine (C=N–C) groups is 1. The van der Waals surface area contributed by atoms with Crippen LogP contribution in [0, 0.1) is 0 Å². The Morgan fingerprint density at radius 3 is 3.04 bits per heavy atom. The zero-order chi connectivity index (χ0) is 15.4. The summed E-state index contributed by atoms with van der Waals surface area (Å²) in [5.41, 5.74) is 6.90. The van der Waals surface area contributed by atoms with Gasteiger partial charge in [-0.1, -0.05) is 6.07 Å². The van der Waals surface area contributed by atoms with Crippen molar-refractivity contribution in [3.63, 3.8) is 0 Å². The zero-order valence-corrected chi connectivity index (χ0v) is 17.0. The number of hydrogen-bond acceptors (Lipinski definition) is 4. The second-order valence-electron chi connectivity index (χ2n) is 4.77. The molecule has 124 valence electrons. The molecule has 23 heavy (non-hydrogen) atoms. The number of halogens is 2. The molecule has 1 aliphatic heterocycles. The maximum Gasteiger partial charge on any atom is 0.231 e. The summed E-state index contributed by atoms with van der Waals surface area (Å²) in [4.78, 5) is 5.68. The van der Waals surface area contributed by atoms with Gasteiger partial charge in [-0.3, -0.25) is 0 Å². The number of nitrogens with two attached hydrogens (primary N) is 1. The van der Waals surface area contributed by atoms with Gasteiger partial charge in [-0.05, 0) is 51.5 Å². The monoisotopic (exact) mass is 509 g/mol. The van der Waals surface area contributed by atoms with Gasteiger partial charge in [0.25, 0.3) is 0 Å². The third kappa shape index (κ3) is 4.98. The minimum atomic E-state index is 0. The molecule has 1 aromatic carbocycles. The molecule has 8 heteroatoms. The zero-order valence-electron chi connectivity index (χ0n) is 12.3. The van der Waals surface area contributed by atoms with E-state index in [1.54, 1.807) is 11.3 Å². The fourth-order valence-electron chi connectivity index (χ4n) is 2.11. The molecule has 0 saturated carbocycles. The summed E-state index contributed by atoms with van der Waals surface area (Å²) < 4.78 is 11.6. The van der Waals surface area contributed by atoms with Gasteiger partial charge < -0.3 is 20.5 Å². The first-order chi connectivity index (χ1) is 10.7. The van der Waals surface area contributed by atoms with E-state index in [1.165, 1.54) is 4.88 Å². The maximum absolute atomic E-state index is 5.89. The molecular weight excluding hydrogens is 493 g/mol. The summed E-state index contributed by atoms with van der Waals surface area (Å²) in [7, 11) is 0. The molecule has 0 amide bonds. The minimum absolute atomic E-state index is 0. The van der Waals surface area contributed by atoms with Crippen LogP contribution in [0.25, 0.3) is 0 Å². The molecule has 0 saturated heterocycles. The van der Waals surface area contributed by atoms with Crippen molar-refractivity contribution in [2.45, 2.75) is 13.0 Å². The maximum atomic E-state index is 5.89. The Labute approximate surface area is 164 Å². The number of hydrogen-bond donors (Lipinski definition) is 2. The van der Waals surface area contributed by atoms with Gasteiger partial charge in [0.2, 0.25) is 6.79 Å². The third-order valence-electron chi connectivity index (χ3n) is 3.18. The van der Waals surface area contributed by atoms with Crippen molar-refractivity contribution in [2.24, 2.45) is 10.7 Å². The average Bonchev–Trinajstić information content (AvgIpc) is 3.16. The van der Waals surface area contributed by atoms with E-state index in [-0.39, 0.29) is 30.8 Å². The summed E-state index contributed by atoms with van der Waals surface area (Å²) in [6, 6.07) is 8.06. The van der Waals surface area contributed by atoms with E-state index in [0.29, 0.717) is 12.5 Å². The summed E-state index contributed by atoms with van der Waals surface area (Å²) in [5, 5.41) is 5.20. The van der Waals surface area contributed by atoms with Gasteiger partial charge in [0.1, 0.15) is 0 Å². The number of ether oxygens (including phenoxy) is 2. The van der Waals surface area contributed by atoms with Gasteiger partial charge in [-0.25, -0.2) is 4.99 Å². The van der Waals surface area contributed by atoms with E-state index in [2.05, 4.69) is 43.8 Å². The molecule has 0 aliphatic carbocycles. The van der Waals surface area contributed by atoms with Crippen molar-refractivity contribution < 1.29 is 9.47 Å². The van der Waals surface area contributed by atoms with Crippen molar-refractivity contribution in [1.82, 2.24) is 5.32 Å². The molecule has 2 aromatic rings. The van der Waals surface area contributed by atoms with Crippen LogP contribution in [0.4, 0.5) is 0 Å². The highest BCUT2D eigenvalue weighted by Crippen LogP contribution is 2.40. The van der Waals surface area contributed by atoms with E-state index in [4.69, 9.17) is 15.2 Å². The fourth-order valence-corrected chi connectivity index (χ4v) is 3.43. The lowest BCUT2D eigenvalue weighted by molar-refractivity contribution is 0.173. The van der Waals surface area contributed by atoms with Gasteiger partial charge in [-0.15, -0.1) is 35.3 Å². The summed E-state index contributed by atoms with van der Waals surface area (Å²) in [6.07, 6.45) is 0.948. The van der Waals surface area contributed by atoms with Crippen molar-refractivity contribution in [1.29, 1.82) is 0 Å². The highest BCUT2D eigenvalue weighted by Gasteiger charge is 2.17. The van der Waals surface area contributed by atoms with Crippen molar-refractivity contribution in [3.8, 4) is 11.5 Å². The number of nitrogens with zero attached hydrogens (tertiary/aromatic N) is 1. The van der Waals surface area contributed by atoms with E-state index in [9.17, 15) is 0 Å². The predicted octanol–water partition coefficient (Wildman–Crippen LogP) is 3.50. The molecular formula is C15H17BrIN3O2S. The lowest BCUT2D eigenvalue weighted by Gasteiger charge is -2.06. The van der Waals surface area contributed by atoms with Crippen LogP contribution < -0.4 is 20.5 Å². The first kappa shape index (κ1) is 18.3. The highest BCUT2D eigenvalue weighted by atomic mass is 127. The highest BCUT2D eigenvalue weighted by molar-refractivity contribution is 14.0. The largest absolute Gasteiger partial charge is 0.454 e. The summed E-state index contributed by atoms with van der Waals surface area (Å²) >= 11 is 5.22. The van der Waals surface area contributed by atoms with Gasteiger partial charge >= 0.3 is 0 Å². The molecule has 5 nitrogen and oxygen atoms in total. The van der Waals surface area contributed by atoms with Crippen LogP contribution in [-0.2, 0) is 13.0 Å². The van der Waals surface area contributed by atoms with Gasteiger partial charge in [0.05, 0.1) is 11.0 Å². The SMILES string of the molecule is I.NC(=NCc1cc(Br)c2c(c1)OCO2)NCCc1cccs1. The van der Waals surface area contributed by atoms with Gasteiger partial charge in [0, 0.05) is 11.4 Å². The molecule has 0 atom stereocenters. The van der Waals surface area contributed by atoms with Crippen molar-refractivity contribution >= 4 is 57.2 Å². The molecule has 2 heterocycles. The van der Waals surface area contributed by atoms with Crippen LogP contribution in [0.3, 0.4) is 0 Å². The summed E-state index contributed by atoms with van der Waals surface area (Å²) in [5.74, 6) is 1.93. The number of thiophene rings is 1. The number of benzene rings is 1. The molecule has 1 aromatic heterocycles. The van der Waals surface area contributed by atoms with Crippen LogP contribution in [0.5, 0.6) is 11.5 Å². The van der Waals surface area contributed by atoms with Crippen molar-refractivity contribution in [3.05, 3.63) is 44.6 Å². The number of fused-ring (bicyclic) bond motifs is 1. The first-order valence-electron chi connectivity index (χ1n) is 6.86. The Morgan fingerprint density at radius 1 is 1.39 bits per heavy atom. The average molecular weight is 510 g/mol. The van der Waals surface area contributed by atoms with Crippen molar-refractivity contribution in [2.75, 3.05) is 13.3 Å². The molecule has 0 spiro atoms. The summed E-state index contributed by atoms with van der Waals surface area (Å²) in [6.45, 7) is 1.53. The van der Waals surface area contributed by atoms with E-state index >= 15 is 0 Å². The Hall–Kier alpha value is -1.000. The topological polar surface area (TPSA) is 68.9 Å². The molecule has 3 rings (SSSR count). The molecule has 0 radical (unpaired) electrons. The normalized spacial score (nSPS) is 12.8. The van der Waals surface area contributed by atoms with E-state index < -0.39 is 0 Å². The molecule has 1 aliphatic rings. The minimum Gasteiger partial charge on any atom is -0.454 e. The van der Waals surface area contributed by atoms with Gasteiger partial charge in [-0.2, -0.15) is 0 Å². The number of nitrogens with one attached hydrogen (secondary N) is 1. The third-order valence-corrected chi connectivity index (χ3v) is 4.70. The van der Waals surface area contributed by atoms with Gasteiger partial charge in [0.15, 0.2) is 17.5 Å². The Kier molecular flexibility index (Phi) is 6.97. The number of rotatable bonds is 5. The standard InChI is InChI=1S/C15H16BrN3O2S.HI/c16-12-6-10(7-13-14(12)21-9-20-13)8-19-15(17)18-4-3-11-2-1-5-22-11;/h1-2,5-7H,3-4,8-9H2,(H3,17,18,19);1H. The lowest BCUT2D eigenvalue weighted by atomic mass is 10.2. The molecule has 0 unspecified atom stereocenters.